The summed E-state index contributed by atoms with van der Waals surface area (Å²) in [6.45, 7) is 4.04. The molecule has 0 aliphatic heterocycles. The van der Waals surface area contributed by atoms with E-state index in [-0.39, 0.29) is 0 Å². The number of thiocarbonyl (C=S) groups is 2. The fourth-order valence-corrected chi connectivity index (χ4v) is 2.95. The zero-order chi connectivity index (χ0) is 14.7. The highest BCUT2D eigenvalue weighted by atomic mass is 32.2. The van der Waals surface area contributed by atoms with Crippen molar-refractivity contribution in [1.29, 1.82) is 0 Å². The van der Waals surface area contributed by atoms with Crippen LogP contribution in [0.1, 0.15) is 26.7 Å². The van der Waals surface area contributed by atoms with Crippen molar-refractivity contribution in [3.63, 3.8) is 0 Å². The van der Waals surface area contributed by atoms with Crippen LogP contribution >= 0.6 is 55.7 Å². The Bertz CT molecular complexity index is 317. The molecule has 0 saturated heterocycles. The fourth-order valence-electron chi connectivity index (χ4n) is 0.669. The molecular weight excluding hydrogens is 345 g/mol. The van der Waals surface area contributed by atoms with Gasteiger partial charge in [0.1, 0.15) is 0 Å². The maximum absolute atomic E-state index is 11.6. The first-order valence-corrected chi connectivity index (χ1v) is 9.92. The van der Waals surface area contributed by atoms with Gasteiger partial charge in [-0.2, -0.15) is 9.25 Å². The van der Waals surface area contributed by atoms with Crippen molar-refractivity contribution in [2.24, 2.45) is 5.50 Å². The molecule has 0 atom stereocenters. The zero-order valence-corrected chi connectivity index (χ0v) is 14.9. The molecular formula is C8H18N3O3PS4. The Balaban J connectivity index is 3.88. The summed E-state index contributed by atoms with van der Waals surface area (Å²) in [4.78, 5) is 0. The lowest BCUT2D eigenvalue weighted by Gasteiger charge is -2.14. The Labute approximate surface area is 132 Å². The molecule has 0 rings (SSSR count). The van der Waals surface area contributed by atoms with Gasteiger partial charge in [0.15, 0.2) is 8.64 Å². The van der Waals surface area contributed by atoms with E-state index in [1.165, 1.54) is 23.5 Å². The van der Waals surface area contributed by atoms with E-state index < -0.39 is 7.75 Å². The van der Waals surface area contributed by atoms with E-state index in [9.17, 15) is 4.57 Å². The molecule has 0 saturated carbocycles. The highest BCUT2D eigenvalue weighted by Gasteiger charge is 2.21. The summed E-state index contributed by atoms with van der Waals surface area (Å²) in [5, 5.41) is 0. The maximum Gasteiger partial charge on any atom is 0.445 e. The smallest absolute Gasteiger partial charge is 0.240 e. The van der Waals surface area contributed by atoms with Crippen LogP contribution in [0, 0.1) is 0 Å². The summed E-state index contributed by atoms with van der Waals surface area (Å²) < 4.78 is 21.8. The first kappa shape index (κ1) is 19.6. The molecule has 0 aliphatic rings. The molecule has 6 nitrogen and oxygen atoms in total. The lowest BCUT2D eigenvalue weighted by atomic mass is 10.6. The lowest BCUT2D eigenvalue weighted by Crippen LogP contribution is -2.26. The van der Waals surface area contributed by atoms with Crippen LogP contribution in [0.4, 0.5) is 0 Å². The minimum atomic E-state index is -3.79. The van der Waals surface area contributed by atoms with E-state index in [0.717, 1.165) is 24.3 Å². The Kier molecular flexibility index (Phi) is 11.6. The van der Waals surface area contributed by atoms with Crippen LogP contribution in [0.2, 0.25) is 0 Å². The van der Waals surface area contributed by atoms with Crippen molar-refractivity contribution >= 4 is 64.3 Å². The van der Waals surface area contributed by atoms with Gasteiger partial charge in [-0.1, -0.05) is 61.8 Å². The molecule has 0 bridgehead atoms. The molecule has 0 heterocycles. The third-order valence-corrected chi connectivity index (χ3v) is 4.87. The Morgan fingerprint density at radius 2 is 1.47 bits per heavy atom. The number of hydrogen-bond acceptors (Lipinski definition) is 7. The number of hydroxylamine groups is 2. The molecule has 0 aromatic rings. The van der Waals surface area contributed by atoms with Crippen LogP contribution in [0.5, 0.6) is 0 Å². The average Bonchev–Trinajstić information content (AvgIpc) is 2.38. The van der Waals surface area contributed by atoms with Gasteiger partial charge in [-0.05, 0) is 12.8 Å². The van der Waals surface area contributed by atoms with Gasteiger partial charge in [-0.3, -0.25) is 0 Å². The van der Waals surface area contributed by atoms with Crippen molar-refractivity contribution < 1.29 is 13.8 Å². The van der Waals surface area contributed by atoms with Gasteiger partial charge in [-0.25, -0.2) is 21.0 Å². The molecule has 4 N–H and O–H groups in total. The SMILES string of the molecule is CCCSC(=S)NOP(N)(=O)ONC(=S)SCCC. The third kappa shape index (κ3) is 12.1. The molecule has 0 unspecified atom stereocenters. The number of nitrogens with two attached hydrogens (primary N) is 1. The molecule has 0 fully saturated rings. The molecule has 11 heteroatoms. The third-order valence-electron chi connectivity index (χ3n) is 1.39. The fraction of sp³-hybridized carbons (Fsp3) is 0.750. The average molecular weight is 363 g/mol. The lowest BCUT2D eigenvalue weighted by molar-refractivity contribution is 0.157. The quantitative estimate of drug-likeness (QED) is 0.340. The molecule has 0 aromatic carbocycles. The van der Waals surface area contributed by atoms with E-state index in [0.29, 0.717) is 8.64 Å². The standard InChI is InChI=1S/C8H18N3O3PS4/c1-3-5-18-7(16)10-13-15(9,12)14-11-8(17)19-6-4-2/h3-6H2,1-2H3,(H2,9,12)(H,10,16)(H,11,17). The van der Waals surface area contributed by atoms with Gasteiger partial charge >= 0.3 is 7.75 Å². The largest absolute Gasteiger partial charge is 0.445 e. The number of rotatable bonds is 8. The Morgan fingerprint density at radius 1 is 1.11 bits per heavy atom. The van der Waals surface area contributed by atoms with E-state index in [4.69, 9.17) is 39.2 Å². The second-order valence-corrected chi connectivity index (χ2v) is 8.19. The maximum atomic E-state index is 11.6. The van der Waals surface area contributed by atoms with Gasteiger partial charge in [0.2, 0.25) is 0 Å². The van der Waals surface area contributed by atoms with E-state index in [1.54, 1.807) is 0 Å². The summed E-state index contributed by atoms with van der Waals surface area (Å²) >= 11 is 12.6. The highest BCUT2D eigenvalue weighted by molar-refractivity contribution is 8.23. The first-order chi connectivity index (χ1) is 8.91. The number of nitrogens with one attached hydrogen (secondary N) is 2. The molecule has 0 aliphatic carbocycles. The van der Waals surface area contributed by atoms with Crippen LogP contribution in [0.3, 0.4) is 0 Å². The van der Waals surface area contributed by atoms with Crippen molar-refractivity contribution in [2.75, 3.05) is 11.5 Å². The molecule has 0 amide bonds. The van der Waals surface area contributed by atoms with Crippen molar-refractivity contribution in [2.45, 2.75) is 26.7 Å². The molecule has 0 spiro atoms. The highest BCUT2D eigenvalue weighted by Crippen LogP contribution is 2.36. The summed E-state index contributed by atoms with van der Waals surface area (Å²) in [6.07, 6.45) is 1.93. The summed E-state index contributed by atoms with van der Waals surface area (Å²) in [6, 6.07) is 0. The topological polar surface area (TPSA) is 85.6 Å². The first-order valence-electron chi connectivity index (χ1n) is 5.52. The van der Waals surface area contributed by atoms with Gasteiger partial charge in [0.05, 0.1) is 0 Å². The second-order valence-electron chi connectivity index (χ2n) is 3.20. The molecule has 0 radical (unpaired) electrons. The van der Waals surface area contributed by atoms with Gasteiger partial charge < -0.3 is 0 Å². The summed E-state index contributed by atoms with van der Waals surface area (Å²) in [5.74, 6) is 1.67. The minimum Gasteiger partial charge on any atom is -0.240 e. The Morgan fingerprint density at radius 3 is 1.79 bits per heavy atom. The van der Waals surface area contributed by atoms with Gasteiger partial charge in [-0.15, -0.1) is 0 Å². The predicted molar refractivity (Wildman–Crippen MR) is 90.9 cm³/mol. The van der Waals surface area contributed by atoms with Crippen molar-refractivity contribution in [3.8, 4) is 0 Å². The van der Waals surface area contributed by atoms with Gasteiger partial charge in [0.25, 0.3) is 0 Å². The van der Waals surface area contributed by atoms with Gasteiger partial charge in [0, 0.05) is 11.5 Å². The summed E-state index contributed by atoms with van der Waals surface area (Å²) in [5.41, 5.74) is 9.95. The molecule has 112 valence electrons. The van der Waals surface area contributed by atoms with Crippen LogP contribution in [0.25, 0.3) is 0 Å². The van der Waals surface area contributed by atoms with Crippen molar-refractivity contribution in [1.82, 2.24) is 11.0 Å². The van der Waals surface area contributed by atoms with Crippen molar-refractivity contribution in [3.05, 3.63) is 0 Å². The van der Waals surface area contributed by atoms with Crippen LogP contribution in [-0.2, 0) is 13.8 Å². The minimum absolute atomic E-state index is 0.346. The number of hydrogen-bond donors (Lipinski definition) is 3. The van der Waals surface area contributed by atoms with E-state index >= 15 is 0 Å². The Hall–Kier alpha value is 0.590. The number of thioether (sulfide) groups is 2. The van der Waals surface area contributed by atoms with Crippen LogP contribution < -0.4 is 16.5 Å². The van der Waals surface area contributed by atoms with Crippen LogP contribution in [0.15, 0.2) is 0 Å². The molecule has 19 heavy (non-hydrogen) atoms. The van der Waals surface area contributed by atoms with E-state index in [2.05, 4.69) is 11.0 Å². The van der Waals surface area contributed by atoms with Crippen LogP contribution in [-0.4, -0.2) is 20.1 Å². The molecule has 0 aromatic heterocycles. The second kappa shape index (κ2) is 11.3. The summed E-state index contributed by atoms with van der Waals surface area (Å²) in [7, 11) is -3.79. The normalized spacial score (nSPS) is 11.1. The monoisotopic (exact) mass is 363 g/mol. The predicted octanol–water partition coefficient (Wildman–Crippen LogP) is 2.95. The zero-order valence-electron chi connectivity index (χ0n) is 10.7. The van der Waals surface area contributed by atoms with E-state index in [1.807, 2.05) is 13.8 Å².